The van der Waals surface area contributed by atoms with E-state index in [1.807, 2.05) is 58.0 Å². The molecule has 8 heteroatoms. The predicted octanol–water partition coefficient (Wildman–Crippen LogP) is 4.72. The summed E-state index contributed by atoms with van der Waals surface area (Å²) in [6.07, 6.45) is 3.43. The first kappa shape index (κ1) is 24.1. The van der Waals surface area contributed by atoms with Crippen molar-refractivity contribution >= 4 is 0 Å². The molecular weight excluding hydrogens is 442 g/mol. The molecule has 4 heterocycles. The van der Waals surface area contributed by atoms with Crippen LogP contribution in [0.1, 0.15) is 48.1 Å². The Kier molecular flexibility index (Phi) is 6.91. The summed E-state index contributed by atoms with van der Waals surface area (Å²) >= 11 is 0. The molecule has 4 aromatic rings. The number of nitrogens with zero attached hydrogens (tertiary/aromatic N) is 5. The van der Waals surface area contributed by atoms with Crippen LogP contribution in [-0.4, -0.2) is 31.6 Å². The third-order valence-corrected chi connectivity index (χ3v) is 5.89. The van der Waals surface area contributed by atoms with Gasteiger partial charge in [0, 0.05) is 35.6 Å². The molecule has 0 bridgehead atoms. The summed E-state index contributed by atoms with van der Waals surface area (Å²) < 4.78 is 12.9. The van der Waals surface area contributed by atoms with Gasteiger partial charge in [-0.05, 0) is 45.0 Å². The van der Waals surface area contributed by atoms with Gasteiger partial charge >= 0.3 is 0 Å². The fraction of sp³-hybridized carbons (Fsp3) is 0.296. The maximum absolute atomic E-state index is 13.5. The summed E-state index contributed by atoms with van der Waals surface area (Å²) in [7, 11) is 1.57. The molecular formula is C27H29N5O3. The average Bonchev–Trinajstić information content (AvgIpc) is 2.88. The Morgan fingerprint density at radius 2 is 1.71 bits per heavy atom. The smallest absolute Gasteiger partial charge is 0.261 e. The second-order valence-corrected chi connectivity index (χ2v) is 8.62. The number of rotatable bonds is 7. The highest BCUT2D eigenvalue weighted by Crippen LogP contribution is 2.27. The predicted molar refractivity (Wildman–Crippen MR) is 134 cm³/mol. The molecule has 4 rings (SSSR count). The van der Waals surface area contributed by atoms with Gasteiger partial charge in [0.25, 0.3) is 5.56 Å². The van der Waals surface area contributed by atoms with Crippen LogP contribution in [0.3, 0.4) is 0 Å². The highest BCUT2D eigenvalue weighted by molar-refractivity contribution is 5.58. The summed E-state index contributed by atoms with van der Waals surface area (Å²) in [5.41, 5.74) is 4.88. The molecule has 0 atom stereocenters. The number of aromatic nitrogens is 5. The van der Waals surface area contributed by atoms with Crippen LogP contribution in [0, 0.1) is 20.8 Å². The van der Waals surface area contributed by atoms with Gasteiger partial charge in [-0.25, -0.2) is 15.0 Å². The van der Waals surface area contributed by atoms with Crippen LogP contribution >= 0.6 is 0 Å². The lowest BCUT2D eigenvalue weighted by atomic mass is 10.1. The molecule has 4 aromatic heterocycles. The third kappa shape index (κ3) is 4.91. The first-order valence-corrected chi connectivity index (χ1v) is 11.5. The lowest BCUT2D eigenvalue weighted by Gasteiger charge is -2.19. The Morgan fingerprint density at radius 1 is 0.943 bits per heavy atom. The van der Waals surface area contributed by atoms with Crippen molar-refractivity contribution in [2.45, 2.75) is 47.1 Å². The molecule has 8 nitrogen and oxygen atoms in total. The monoisotopic (exact) mass is 471 g/mol. The van der Waals surface area contributed by atoms with E-state index in [1.54, 1.807) is 37.1 Å². The van der Waals surface area contributed by atoms with E-state index in [-0.39, 0.29) is 18.1 Å². The number of ether oxygens (including phenoxy) is 2. The van der Waals surface area contributed by atoms with E-state index >= 15 is 0 Å². The average molecular weight is 472 g/mol. The zero-order chi connectivity index (χ0) is 25.1. The van der Waals surface area contributed by atoms with E-state index < -0.39 is 0 Å². The Morgan fingerprint density at radius 3 is 2.46 bits per heavy atom. The Labute approximate surface area is 204 Å². The molecule has 0 aromatic carbocycles. The fourth-order valence-electron chi connectivity index (χ4n) is 3.85. The van der Waals surface area contributed by atoms with Crippen molar-refractivity contribution in [3.05, 3.63) is 87.5 Å². The van der Waals surface area contributed by atoms with Crippen molar-refractivity contribution in [2.75, 3.05) is 7.11 Å². The van der Waals surface area contributed by atoms with Crippen molar-refractivity contribution in [1.29, 1.82) is 0 Å². The first-order valence-electron chi connectivity index (χ1n) is 11.5. The number of pyridine rings is 3. The lowest BCUT2D eigenvalue weighted by molar-refractivity contribution is 0.292. The van der Waals surface area contributed by atoms with Gasteiger partial charge in [0.2, 0.25) is 5.88 Å². The van der Waals surface area contributed by atoms with Gasteiger partial charge in [0.05, 0.1) is 35.4 Å². The van der Waals surface area contributed by atoms with Crippen LogP contribution in [0.4, 0.5) is 0 Å². The Hall–Kier alpha value is -4.07. The summed E-state index contributed by atoms with van der Waals surface area (Å²) in [5.74, 6) is 2.04. The van der Waals surface area contributed by atoms with Crippen LogP contribution in [0.25, 0.3) is 17.1 Å². The Bertz CT molecular complexity index is 1430. The number of methoxy groups -OCH3 is 1. The molecule has 0 aliphatic carbocycles. The number of hydrogen-bond acceptors (Lipinski definition) is 7. The maximum Gasteiger partial charge on any atom is 0.261 e. The highest BCUT2D eigenvalue weighted by Gasteiger charge is 2.18. The summed E-state index contributed by atoms with van der Waals surface area (Å²) in [4.78, 5) is 31.3. The second kappa shape index (κ2) is 10.0. The van der Waals surface area contributed by atoms with Crippen LogP contribution in [0.5, 0.6) is 11.6 Å². The largest absolute Gasteiger partial charge is 0.486 e. The fourth-order valence-corrected chi connectivity index (χ4v) is 3.85. The summed E-state index contributed by atoms with van der Waals surface area (Å²) in [6.45, 7) is 9.97. The molecule has 0 aliphatic rings. The van der Waals surface area contributed by atoms with Gasteiger partial charge in [-0.15, -0.1) is 0 Å². The third-order valence-electron chi connectivity index (χ3n) is 5.89. The molecule has 0 N–H and O–H groups in total. The molecule has 0 saturated heterocycles. The second-order valence-electron chi connectivity index (χ2n) is 8.62. The minimum absolute atomic E-state index is 0.149. The van der Waals surface area contributed by atoms with Crippen LogP contribution < -0.4 is 15.0 Å². The first-order chi connectivity index (χ1) is 16.8. The van der Waals surface area contributed by atoms with Gasteiger partial charge in [0.1, 0.15) is 18.2 Å². The van der Waals surface area contributed by atoms with Crippen molar-refractivity contribution in [1.82, 2.24) is 24.5 Å². The lowest BCUT2D eigenvalue weighted by Crippen LogP contribution is -2.25. The molecule has 0 fully saturated rings. The van der Waals surface area contributed by atoms with Crippen LogP contribution in [0.15, 0.2) is 53.6 Å². The SMILES string of the molecule is COc1cccc(COc2c(C)c(C)n(-c3ccnc(-c4ccnc(C(C)C)n4)c3)c(=O)c2C)n1. The molecule has 0 saturated carbocycles. The molecule has 0 radical (unpaired) electrons. The van der Waals surface area contributed by atoms with E-state index in [4.69, 9.17) is 9.47 Å². The zero-order valence-corrected chi connectivity index (χ0v) is 20.9. The molecule has 0 spiro atoms. The van der Waals surface area contributed by atoms with Crippen molar-refractivity contribution in [2.24, 2.45) is 0 Å². The highest BCUT2D eigenvalue weighted by atomic mass is 16.5. The molecule has 180 valence electrons. The van der Waals surface area contributed by atoms with Gasteiger partial charge in [-0.1, -0.05) is 19.9 Å². The zero-order valence-electron chi connectivity index (χ0n) is 20.9. The van der Waals surface area contributed by atoms with Gasteiger partial charge < -0.3 is 9.47 Å². The van der Waals surface area contributed by atoms with Crippen LogP contribution in [-0.2, 0) is 6.61 Å². The minimum Gasteiger partial charge on any atom is -0.486 e. The normalized spacial score (nSPS) is 11.1. The number of hydrogen-bond donors (Lipinski definition) is 0. The van der Waals surface area contributed by atoms with E-state index in [0.29, 0.717) is 22.9 Å². The molecule has 35 heavy (non-hydrogen) atoms. The van der Waals surface area contributed by atoms with Gasteiger partial charge in [-0.3, -0.25) is 14.3 Å². The van der Waals surface area contributed by atoms with Crippen molar-refractivity contribution in [3.8, 4) is 28.7 Å². The minimum atomic E-state index is -0.149. The van der Waals surface area contributed by atoms with Gasteiger partial charge in [0.15, 0.2) is 0 Å². The quantitative estimate of drug-likeness (QED) is 0.385. The standard InChI is InChI=1S/C27H29N5O3/c1-16(2)26-29-13-11-22(31-26)23-14-21(10-12-28-23)32-19(5)17(3)25(18(4)27(32)33)35-15-20-8-7-9-24(30-20)34-6/h7-14,16H,15H2,1-6H3. The Balaban J connectivity index is 1.71. The van der Waals surface area contributed by atoms with Crippen LogP contribution in [0.2, 0.25) is 0 Å². The van der Waals surface area contributed by atoms with Crippen molar-refractivity contribution in [3.63, 3.8) is 0 Å². The summed E-state index contributed by atoms with van der Waals surface area (Å²) in [6, 6.07) is 11.0. The maximum atomic E-state index is 13.5. The topological polar surface area (TPSA) is 92.0 Å². The summed E-state index contributed by atoms with van der Waals surface area (Å²) in [5, 5.41) is 0. The molecule has 0 unspecified atom stereocenters. The van der Waals surface area contributed by atoms with E-state index in [1.165, 1.54) is 0 Å². The van der Waals surface area contributed by atoms with E-state index in [9.17, 15) is 4.79 Å². The molecule has 0 amide bonds. The van der Waals surface area contributed by atoms with Crippen molar-refractivity contribution < 1.29 is 9.47 Å². The van der Waals surface area contributed by atoms with E-state index in [0.717, 1.165) is 34.2 Å². The molecule has 0 aliphatic heterocycles. The van der Waals surface area contributed by atoms with Gasteiger partial charge in [-0.2, -0.15) is 0 Å². The van der Waals surface area contributed by atoms with E-state index in [2.05, 4.69) is 19.9 Å².